The first-order valence-corrected chi connectivity index (χ1v) is 8.36. The molecule has 0 bridgehead atoms. The number of imidazole rings is 2. The van der Waals surface area contributed by atoms with Gasteiger partial charge in [0.2, 0.25) is 0 Å². The summed E-state index contributed by atoms with van der Waals surface area (Å²) in [6.07, 6.45) is 4.08. The molecule has 0 radical (unpaired) electrons. The van der Waals surface area contributed by atoms with Gasteiger partial charge in [0.25, 0.3) is 0 Å². The Bertz CT molecular complexity index is 1000. The van der Waals surface area contributed by atoms with Crippen molar-refractivity contribution in [2.75, 3.05) is 0 Å². The normalized spacial score (nSPS) is 12.6. The molecule has 3 aromatic heterocycles. The number of pyridine rings is 1. The minimum absolute atomic E-state index is 0.174. The molecule has 24 heavy (non-hydrogen) atoms. The molecular weight excluding hydrogens is 316 g/mol. The van der Waals surface area contributed by atoms with Crippen LogP contribution in [0, 0.1) is 6.92 Å². The SMILES string of the molecule is Cc1cccc2nc(C(S)c3nc(-c4ccccc4)cn3C)cn12. The van der Waals surface area contributed by atoms with Gasteiger partial charge in [-0.2, -0.15) is 12.6 Å². The highest BCUT2D eigenvalue weighted by Crippen LogP contribution is 2.29. The number of benzene rings is 1. The summed E-state index contributed by atoms with van der Waals surface area (Å²) in [5.41, 5.74) is 5.04. The summed E-state index contributed by atoms with van der Waals surface area (Å²) in [6.45, 7) is 2.07. The molecule has 0 amide bonds. The number of thiol groups is 1. The molecular formula is C19H18N4S. The van der Waals surface area contributed by atoms with Crippen molar-refractivity contribution in [1.82, 2.24) is 18.9 Å². The average molecular weight is 334 g/mol. The van der Waals surface area contributed by atoms with Crippen LogP contribution in [0.1, 0.15) is 22.5 Å². The standard InChI is InChI=1S/C19H18N4S/c1-13-7-6-10-17-20-16(12-23(13)17)18(24)19-21-15(11-22(19)2)14-8-4-3-5-9-14/h3-12,18,24H,1-2H3. The van der Waals surface area contributed by atoms with Gasteiger partial charge in [-0.3, -0.25) is 0 Å². The van der Waals surface area contributed by atoms with Crippen molar-refractivity contribution in [3.8, 4) is 11.3 Å². The van der Waals surface area contributed by atoms with Gasteiger partial charge in [-0.05, 0) is 19.1 Å². The third kappa shape index (κ3) is 2.51. The van der Waals surface area contributed by atoms with Crippen molar-refractivity contribution < 1.29 is 0 Å². The maximum absolute atomic E-state index is 4.79. The van der Waals surface area contributed by atoms with E-state index in [1.807, 2.05) is 54.3 Å². The molecule has 0 aliphatic rings. The molecule has 5 heteroatoms. The molecule has 4 aromatic rings. The second-order valence-electron chi connectivity index (χ2n) is 5.92. The summed E-state index contributed by atoms with van der Waals surface area (Å²) in [4.78, 5) is 9.49. The summed E-state index contributed by atoms with van der Waals surface area (Å²) in [6, 6.07) is 16.3. The van der Waals surface area contributed by atoms with Crippen LogP contribution in [0.4, 0.5) is 0 Å². The lowest BCUT2D eigenvalue weighted by atomic mass is 10.2. The highest BCUT2D eigenvalue weighted by molar-refractivity contribution is 7.80. The first-order chi connectivity index (χ1) is 11.6. The van der Waals surface area contributed by atoms with Crippen molar-refractivity contribution in [2.45, 2.75) is 12.2 Å². The van der Waals surface area contributed by atoms with Crippen LogP contribution in [0.3, 0.4) is 0 Å². The van der Waals surface area contributed by atoms with E-state index in [1.54, 1.807) is 0 Å². The molecule has 1 unspecified atom stereocenters. The molecule has 0 saturated carbocycles. The van der Waals surface area contributed by atoms with E-state index in [0.717, 1.165) is 34.1 Å². The fourth-order valence-electron chi connectivity index (χ4n) is 2.91. The lowest BCUT2D eigenvalue weighted by molar-refractivity contribution is 0.807. The van der Waals surface area contributed by atoms with Gasteiger partial charge in [-0.1, -0.05) is 36.4 Å². The second-order valence-corrected chi connectivity index (χ2v) is 6.44. The molecule has 120 valence electrons. The first kappa shape index (κ1) is 15.0. The van der Waals surface area contributed by atoms with Gasteiger partial charge < -0.3 is 8.97 Å². The number of aromatic nitrogens is 4. The number of nitrogens with zero attached hydrogens (tertiary/aromatic N) is 4. The Balaban J connectivity index is 1.75. The molecule has 0 N–H and O–H groups in total. The Labute approximate surface area is 146 Å². The topological polar surface area (TPSA) is 35.1 Å². The molecule has 0 saturated heterocycles. The number of aryl methyl sites for hydroxylation is 2. The summed E-state index contributed by atoms with van der Waals surface area (Å²) < 4.78 is 4.11. The zero-order valence-electron chi connectivity index (χ0n) is 13.6. The van der Waals surface area contributed by atoms with E-state index in [0.29, 0.717) is 0 Å². The van der Waals surface area contributed by atoms with Crippen molar-refractivity contribution in [1.29, 1.82) is 0 Å². The molecule has 0 aliphatic carbocycles. The first-order valence-electron chi connectivity index (χ1n) is 7.85. The zero-order valence-corrected chi connectivity index (χ0v) is 14.5. The van der Waals surface area contributed by atoms with Gasteiger partial charge in [0, 0.05) is 30.7 Å². The number of rotatable bonds is 3. The predicted molar refractivity (Wildman–Crippen MR) is 99.4 cm³/mol. The summed E-state index contributed by atoms with van der Waals surface area (Å²) in [5, 5.41) is -0.174. The third-order valence-electron chi connectivity index (χ3n) is 4.22. The zero-order chi connectivity index (χ0) is 16.7. The van der Waals surface area contributed by atoms with E-state index >= 15 is 0 Å². The molecule has 0 spiro atoms. The predicted octanol–water partition coefficient (Wildman–Crippen LogP) is 4.06. The molecule has 0 fully saturated rings. The van der Waals surface area contributed by atoms with Crippen LogP contribution in [0.25, 0.3) is 16.9 Å². The van der Waals surface area contributed by atoms with E-state index in [9.17, 15) is 0 Å². The monoisotopic (exact) mass is 334 g/mol. The number of hydrogen-bond acceptors (Lipinski definition) is 3. The fraction of sp³-hybridized carbons (Fsp3) is 0.158. The Morgan fingerprint density at radius 1 is 0.958 bits per heavy atom. The van der Waals surface area contributed by atoms with Gasteiger partial charge in [0.05, 0.1) is 11.4 Å². The van der Waals surface area contributed by atoms with Gasteiger partial charge in [-0.25, -0.2) is 9.97 Å². The number of hydrogen-bond donors (Lipinski definition) is 1. The van der Waals surface area contributed by atoms with E-state index in [4.69, 9.17) is 22.6 Å². The molecule has 1 aromatic carbocycles. The lowest BCUT2D eigenvalue weighted by Crippen LogP contribution is -2.02. The Kier molecular flexibility index (Phi) is 3.65. The molecule has 0 aliphatic heterocycles. The molecule has 1 atom stereocenters. The van der Waals surface area contributed by atoms with Crippen LogP contribution < -0.4 is 0 Å². The minimum Gasteiger partial charge on any atom is -0.336 e. The quantitative estimate of drug-likeness (QED) is 0.573. The average Bonchev–Trinajstić information content (AvgIpc) is 3.20. The Morgan fingerprint density at radius 3 is 2.50 bits per heavy atom. The largest absolute Gasteiger partial charge is 0.336 e. The fourth-order valence-corrected chi connectivity index (χ4v) is 3.28. The van der Waals surface area contributed by atoms with Gasteiger partial charge in [0.15, 0.2) is 0 Å². The van der Waals surface area contributed by atoms with Gasteiger partial charge in [-0.15, -0.1) is 0 Å². The molecule has 3 heterocycles. The second kappa shape index (κ2) is 5.83. The van der Waals surface area contributed by atoms with Crippen LogP contribution >= 0.6 is 12.6 Å². The highest BCUT2D eigenvalue weighted by atomic mass is 32.1. The summed E-state index contributed by atoms with van der Waals surface area (Å²) in [5.74, 6) is 0.887. The van der Waals surface area contributed by atoms with Crippen LogP contribution in [0.5, 0.6) is 0 Å². The minimum atomic E-state index is -0.174. The van der Waals surface area contributed by atoms with Crippen LogP contribution in [-0.2, 0) is 7.05 Å². The Hall–Kier alpha value is -2.53. The van der Waals surface area contributed by atoms with Gasteiger partial charge in [0.1, 0.15) is 16.7 Å². The molecule has 4 rings (SSSR count). The van der Waals surface area contributed by atoms with E-state index in [1.165, 1.54) is 0 Å². The Morgan fingerprint density at radius 2 is 1.75 bits per heavy atom. The van der Waals surface area contributed by atoms with Crippen LogP contribution in [0.2, 0.25) is 0 Å². The van der Waals surface area contributed by atoms with Crippen molar-refractivity contribution in [2.24, 2.45) is 7.05 Å². The van der Waals surface area contributed by atoms with E-state index in [2.05, 4.69) is 29.5 Å². The smallest absolute Gasteiger partial charge is 0.137 e. The summed E-state index contributed by atoms with van der Waals surface area (Å²) >= 11 is 4.79. The molecule has 4 nitrogen and oxygen atoms in total. The van der Waals surface area contributed by atoms with E-state index in [-0.39, 0.29) is 5.25 Å². The third-order valence-corrected chi connectivity index (χ3v) is 4.72. The maximum Gasteiger partial charge on any atom is 0.137 e. The highest BCUT2D eigenvalue weighted by Gasteiger charge is 2.19. The van der Waals surface area contributed by atoms with Crippen molar-refractivity contribution in [3.63, 3.8) is 0 Å². The van der Waals surface area contributed by atoms with Crippen molar-refractivity contribution in [3.05, 3.63) is 78.1 Å². The number of fused-ring (bicyclic) bond motifs is 1. The van der Waals surface area contributed by atoms with Crippen LogP contribution in [-0.4, -0.2) is 18.9 Å². The summed E-state index contributed by atoms with van der Waals surface area (Å²) in [7, 11) is 2.00. The van der Waals surface area contributed by atoms with E-state index < -0.39 is 0 Å². The van der Waals surface area contributed by atoms with Crippen molar-refractivity contribution >= 4 is 18.3 Å². The lowest BCUT2D eigenvalue weighted by Gasteiger charge is -2.07. The van der Waals surface area contributed by atoms with Gasteiger partial charge >= 0.3 is 0 Å². The van der Waals surface area contributed by atoms with Crippen LogP contribution in [0.15, 0.2) is 60.9 Å². The maximum atomic E-state index is 4.79.